The molecule has 1 atom stereocenters. The minimum absolute atomic E-state index is 0.103. The highest BCUT2D eigenvalue weighted by atomic mass is 79.9. The van der Waals surface area contributed by atoms with Crippen molar-refractivity contribution in [3.63, 3.8) is 0 Å². The van der Waals surface area contributed by atoms with Crippen molar-refractivity contribution < 1.29 is 14.0 Å². The third kappa shape index (κ3) is 4.28. The van der Waals surface area contributed by atoms with Gasteiger partial charge in [-0.15, -0.1) is 0 Å². The van der Waals surface area contributed by atoms with Crippen molar-refractivity contribution in [3.8, 4) is 0 Å². The van der Waals surface area contributed by atoms with Gasteiger partial charge in [-0.3, -0.25) is 9.59 Å². The molecule has 0 saturated carbocycles. The van der Waals surface area contributed by atoms with E-state index in [1.807, 2.05) is 0 Å². The van der Waals surface area contributed by atoms with Gasteiger partial charge in [0.2, 0.25) is 0 Å². The summed E-state index contributed by atoms with van der Waals surface area (Å²) in [5, 5.41) is 0. The zero-order valence-corrected chi connectivity index (χ0v) is 16.4. The number of Topliss-reactive ketones (excluding diaryl/α,β-unsaturated/α-hetero) is 2. The number of nitrogen functional groups attached to an aromatic ring is 2. The van der Waals surface area contributed by atoms with E-state index in [2.05, 4.69) is 15.9 Å². The summed E-state index contributed by atoms with van der Waals surface area (Å²) >= 11 is 3.31. The molecule has 6 heteroatoms. The number of hydrogen-bond acceptors (Lipinski definition) is 4. The van der Waals surface area contributed by atoms with Gasteiger partial charge in [0.1, 0.15) is 5.82 Å². The molecule has 0 aliphatic heterocycles. The lowest BCUT2D eigenvalue weighted by molar-refractivity contribution is 0.0894. The summed E-state index contributed by atoms with van der Waals surface area (Å²) in [6, 6.07) is 17.2. The molecule has 0 aliphatic rings. The Kier molecular flexibility index (Phi) is 5.90. The molecule has 0 spiro atoms. The first-order valence-electron chi connectivity index (χ1n) is 8.59. The van der Waals surface area contributed by atoms with Crippen LogP contribution in [0.1, 0.15) is 38.6 Å². The summed E-state index contributed by atoms with van der Waals surface area (Å²) in [6.45, 7) is 0. The normalized spacial score (nSPS) is 11.8. The highest BCUT2D eigenvalue weighted by Crippen LogP contribution is 2.30. The van der Waals surface area contributed by atoms with Gasteiger partial charge >= 0.3 is 0 Å². The summed E-state index contributed by atoms with van der Waals surface area (Å²) < 4.78 is 14.1. The van der Waals surface area contributed by atoms with E-state index in [4.69, 9.17) is 11.5 Å². The number of benzene rings is 3. The zero-order valence-electron chi connectivity index (χ0n) is 14.9. The number of halogens is 2. The Bertz CT molecular complexity index is 1030. The van der Waals surface area contributed by atoms with Gasteiger partial charge < -0.3 is 11.5 Å². The van der Waals surface area contributed by atoms with Gasteiger partial charge in [-0.1, -0.05) is 40.2 Å². The lowest BCUT2D eigenvalue weighted by Crippen LogP contribution is -2.19. The summed E-state index contributed by atoms with van der Waals surface area (Å²) in [7, 11) is 0. The number of para-hydroxylation sites is 1. The molecule has 0 saturated heterocycles. The molecule has 0 heterocycles. The molecule has 4 N–H and O–H groups in total. The molecule has 0 aliphatic carbocycles. The Morgan fingerprint density at radius 3 is 2.21 bits per heavy atom. The highest BCUT2D eigenvalue weighted by Gasteiger charge is 2.27. The van der Waals surface area contributed by atoms with Crippen LogP contribution in [-0.4, -0.2) is 11.6 Å². The first kappa shape index (κ1) is 19.8. The monoisotopic (exact) mass is 440 g/mol. The molecule has 3 aromatic rings. The molecule has 0 amide bonds. The first-order chi connectivity index (χ1) is 13.4. The molecular formula is C22H18BrFN2O2. The number of nitrogens with two attached hydrogens (primary N) is 2. The Labute approximate surface area is 170 Å². The van der Waals surface area contributed by atoms with E-state index in [1.54, 1.807) is 42.5 Å². The van der Waals surface area contributed by atoms with Crippen molar-refractivity contribution in [1.29, 1.82) is 0 Å². The first-order valence-corrected chi connectivity index (χ1v) is 9.38. The molecule has 0 bridgehead atoms. The molecule has 4 nitrogen and oxygen atoms in total. The van der Waals surface area contributed by atoms with Gasteiger partial charge in [0, 0.05) is 33.4 Å². The van der Waals surface area contributed by atoms with Crippen LogP contribution in [0.25, 0.3) is 0 Å². The molecular weight excluding hydrogens is 423 g/mol. The number of rotatable bonds is 6. The average molecular weight is 441 g/mol. The fourth-order valence-electron chi connectivity index (χ4n) is 3.05. The number of ketones is 2. The second kappa shape index (κ2) is 8.35. The number of anilines is 2. The van der Waals surface area contributed by atoms with Gasteiger partial charge in [0.05, 0.1) is 5.92 Å². The SMILES string of the molecule is Nc1ccccc1C(=O)CC(C(=O)c1ccc(Br)cc1N)c1ccc(F)cc1. The molecule has 1 unspecified atom stereocenters. The molecule has 0 fully saturated rings. The van der Waals surface area contributed by atoms with E-state index < -0.39 is 11.7 Å². The number of hydrogen-bond donors (Lipinski definition) is 2. The largest absolute Gasteiger partial charge is 0.398 e. The van der Waals surface area contributed by atoms with E-state index in [0.29, 0.717) is 28.1 Å². The molecule has 0 radical (unpaired) electrons. The average Bonchev–Trinajstić information content (AvgIpc) is 2.66. The summed E-state index contributed by atoms with van der Waals surface area (Å²) in [4.78, 5) is 26.1. The van der Waals surface area contributed by atoms with Gasteiger partial charge in [0.25, 0.3) is 0 Å². The maximum absolute atomic E-state index is 13.4. The van der Waals surface area contributed by atoms with Crippen molar-refractivity contribution >= 4 is 38.9 Å². The maximum Gasteiger partial charge on any atom is 0.172 e. The van der Waals surface area contributed by atoms with E-state index in [-0.39, 0.29) is 18.0 Å². The smallest absolute Gasteiger partial charge is 0.172 e. The van der Waals surface area contributed by atoms with Crippen LogP contribution in [0.4, 0.5) is 15.8 Å². The van der Waals surface area contributed by atoms with E-state index in [9.17, 15) is 14.0 Å². The second-order valence-corrected chi connectivity index (χ2v) is 7.33. The standard InChI is InChI=1S/C22H18BrFN2O2/c23-14-7-10-17(20(26)11-14)22(28)18(13-5-8-15(24)9-6-13)12-21(27)16-3-1-2-4-19(16)25/h1-11,18H,12,25-26H2. The quantitative estimate of drug-likeness (QED) is 0.417. The van der Waals surface area contributed by atoms with Crippen LogP contribution in [0.3, 0.4) is 0 Å². The van der Waals surface area contributed by atoms with Gasteiger partial charge in [0.15, 0.2) is 11.6 Å². The van der Waals surface area contributed by atoms with Crippen molar-refractivity contribution in [2.45, 2.75) is 12.3 Å². The van der Waals surface area contributed by atoms with E-state index in [0.717, 1.165) is 4.47 Å². The molecule has 142 valence electrons. The lowest BCUT2D eigenvalue weighted by atomic mass is 9.85. The Balaban J connectivity index is 2.00. The third-order valence-electron chi connectivity index (χ3n) is 4.52. The van der Waals surface area contributed by atoms with Crippen LogP contribution in [0, 0.1) is 5.82 Å². The molecule has 3 rings (SSSR count). The Hall–Kier alpha value is -2.99. The summed E-state index contributed by atoms with van der Waals surface area (Å²) in [5.41, 5.74) is 13.8. The van der Waals surface area contributed by atoms with Crippen LogP contribution in [0.5, 0.6) is 0 Å². The van der Waals surface area contributed by atoms with E-state index in [1.165, 1.54) is 24.3 Å². The van der Waals surface area contributed by atoms with Crippen molar-refractivity contribution in [2.75, 3.05) is 11.5 Å². The van der Waals surface area contributed by atoms with Crippen LogP contribution < -0.4 is 11.5 Å². The molecule has 0 aromatic heterocycles. The Morgan fingerprint density at radius 2 is 1.57 bits per heavy atom. The topological polar surface area (TPSA) is 86.2 Å². The van der Waals surface area contributed by atoms with Crippen LogP contribution >= 0.6 is 15.9 Å². The lowest BCUT2D eigenvalue weighted by Gasteiger charge is -2.18. The highest BCUT2D eigenvalue weighted by molar-refractivity contribution is 9.10. The zero-order chi connectivity index (χ0) is 20.3. The van der Waals surface area contributed by atoms with Crippen LogP contribution in [0.15, 0.2) is 71.2 Å². The number of carbonyl (C=O) groups is 2. The van der Waals surface area contributed by atoms with Gasteiger partial charge in [-0.2, -0.15) is 0 Å². The van der Waals surface area contributed by atoms with Crippen LogP contribution in [-0.2, 0) is 0 Å². The summed E-state index contributed by atoms with van der Waals surface area (Å²) in [6.07, 6.45) is -0.103. The van der Waals surface area contributed by atoms with Crippen molar-refractivity contribution in [1.82, 2.24) is 0 Å². The van der Waals surface area contributed by atoms with Gasteiger partial charge in [-0.25, -0.2) is 4.39 Å². The minimum atomic E-state index is -0.809. The maximum atomic E-state index is 13.4. The van der Waals surface area contributed by atoms with Crippen molar-refractivity contribution in [2.24, 2.45) is 0 Å². The predicted octanol–water partition coefficient (Wildman–Crippen LogP) is 4.99. The van der Waals surface area contributed by atoms with E-state index >= 15 is 0 Å². The fourth-order valence-corrected chi connectivity index (χ4v) is 3.43. The molecule has 28 heavy (non-hydrogen) atoms. The molecule has 3 aromatic carbocycles. The third-order valence-corrected chi connectivity index (χ3v) is 5.01. The van der Waals surface area contributed by atoms with Crippen molar-refractivity contribution in [3.05, 3.63) is 93.7 Å². The second-order valence-electron chi connectivity index (χ2n) is 6.41. The number of carbonyl (C=O) groups excluding carboxylic acids is 2. The fraction of sp³-hybridized carbons (Fsp3) is 0.0909. The Morgan fingerprint density at radius 1 is 0.893 bits per heavy atom. The summed E-state index contributed by atoms with van der Waals surface area (Å²) in [5.74, 6) is -1.80. The minimum Gasteiger partial charge on any atom is -0.398 e. The van der Waals surface area contributed by atoms with Gasteiger partial charge in [-0.05, 0) is 48.0 Å². The predicted molar refractivity (Wildman–Crippen MR) is 112 cm³/mol. The van der Waals surface area contributed by atoms with Crippen LogP contribution in [0.2, 0.25) is 0 Å².